The number of ether oxygens (including phenoxy) is 1. The van der Waals surface area contributed by atoms with Gasteiger partial charge in [0.05, 0.1) is 17.9 Å². The molecule has 2 fully saturated rings. The summed E-state index contributed by atoms with van der Waals surface area (Å²) < 4.78 is 5.41. The molecule has 0 saturated carbocycles. The Morgan fingerprint density at radius 3 is 2.58 bits per heavy atom. The number of amides is 2. The molecule has 3 heterocycles. The zero-order valence-electron chi connectivity index (χ0n) is 19.4. The van der Waals surface area contributed by atoms with E-state index < -0.39 is 0 Å². The van der Waals surface area contributed by atoms with Crippen LogP contribution in [0.4, 0.5) is 5.69 Å². The van der Waals surface area contributed by atoms with Crippen LogP contribution in [0.5, 0.6) is 0 Å². The molecule has 4 rings (SSSR count). The number of para-hydroxylation sites is 1. The van der Waals surface area contributed by atoms with Gasteiger partial charge in [-0.15, -0.1) is 11.8 Å². The van der Waals surface area contributed by atoms with E-state index in [-0.39, 0.29) is 11.8 Å². The average Bonchev–Trinajstić information content (AvgIpc) is 2.88. The first kappa shape index (κ1) is 24.1. The van der Waals surface area contributed by atoms with Crippen molar-refractivity contribution in [1.29, 1.82) is 0 Å². The van der Waals surface area contributed by atoms with Gasteiger partial charge in [-0.05, 0) is 77.0 Å². The highest BCUT2D eigenvalue weighted by Gasteiger charge is 2.25. The van der Waals surface area contributed by atoms with Crippen LogP contribution in [0.1, 0.15) is 48.9 Å². The van der Waals surface area contributed by atoms with E-state index in [4.69, 9.17) is 4.74 Å². The van der Waals surface area contributed by atoms with Crippen LogP contribution in [-0.4, -0.2) is 79.3 Å². The van der Waals surface area contributed by atoms with Crippen molar-refractivity contribution in [2.24, 2.45) is 0 Å². The summed E-state index contributed by atoms with van der Waals surface area (Å²) in [7, 11) is 0. The van der Waals surface area contributed by atoms with E-state index in [0.717, 1.165) is 37.8 Å². The first-order chi connectivity index (χ1) is 16.2. The Bertz CT molecular complexity index is 833. The Hall–Kier alpha value is -2.03. The van der Waals surface area contributed by atoms with Crippen LogP contribution >= 0.6 is 11.8 Å². The van der Waals surface area contributed by atoms with E-state index in [1.54, 1.807) is 29.3 Å². The third kappa shape index (κ3) is 6.98. The van der Waals surface area contributed by atoms with Gasteiger partial charge in [-0.25, -0.2) is 0 Å². The highest BCUT2D eigenvalue weighted by molar-refractivity contribution is 8.02. The third-order valence-electron chi connectivity index (χ3n) is 6.69. The predicted molar refractivity (Wildman–Crippen MR) is 133 cm³/mol. The molecule has 3 aliphatic heterocycles. The molecule has 1 aromatic rings. The van der Waals surface area contributed by atoms with E-state index in [9.17, 15) is 9.59 Å². The Balaban J connectivity index is 1.18. The summed E-state index contributed by atoms with van der Waals surface area (Å²) in [5, 5.41) is 7.55. The van der Waals surface area contributed by atoms with Crippen molar-refractivity contribution >= 4 is 29.3 Å². The van der Waals surface area contributed by atoms with Crippen molar-refractivity contribution < 1.29 is 14.3 Å². The minimum Gasteiger partial charge on any atom is -0.487 e. The fraction of sp³-hybridized carbons (Fsp3) is 0.600. The molecule has 0 unspecified atom stereocenters. The van der Waals surface area contributed by atoms with Crippen LogP contribution in [0, 0.1) is 0 Å². The maximum atomic E-state index is 12.8. The Kier molecular flexibility index (Phi) is 9.09. The van der Waals surface area contributed by atoms with Crippen LogP contribution < -0.4 is 10.6 Å². The van der Waals surface area contributed by atoms with Gasteiger partial charge < -0.3 is 25.2 Å². The summed E-state index contributed by atoms with van der Waals surface area (Å²) >= 11 is 1.55. The van der Waals surface area contributed by atoms with Crippen molar-refractivity contribution in [3.63, 3.8) is 0 Å². The average molecular weight is 473 g/mol. The number of nitrogens with one attached hydrogen (secondary N) is 2. The molecule has 3 aliphatic rings. The van der Waals surface area contributed by atoms with E-state index in [2.05, 4.69) is 20.4 Å². The quantitative estimate of drug-likeness (QED) is 0.566. The second kappa shape index (κ2) is 12.4. The van der Waals surface area contributed by atoms with Crippen LogP contribution in [0.2, 0.25) is 0 Å². The van der Waals surface area contributed by atoms with Gasteiger partial charge in [0.1, 0.15) is 0 Å². The van der Waals surface area contributed by atoms with Gasteiger partial charge in [-0.1, -0.05) is 18.6 Å². The lowest BCUT2D eigenvalue weighted by Gasteiger charge is -2.40. The SMILES string of the molecule is O=C(Nc1ccccc1C(=O)NCCCN1CCC(N2CCCCC2)CC1)C1=CSCCO1. The monoisotopic (exact) mass is 472 g/mol. The zero-order valence-corrected chi connectivity index (χ0v) is 20.2. The van der Waals surface area contributed by atoms with Crippen LogP contribution in [0.3, 0.4) is 0 Å². The standard InChI is InChI=1S/C25H36N4O3S/c30-24(21-7-2-3-8-22(21)27-25(31)23-19-33-18-17-32-23)26-11-6-12-28-15-9-20(10-16-28)29-13-4-1-5-14-29/h2-3,7-8,19-20H,1,4-6,9-18H2,(H,26,30)(H,27,31). The Labute approximate surface area is 201 Å². The van der Waals surface area contributed by atoms with Gasteiger partial charge in [0, 0.05) is 23.7 Å². The Morgan fingerprint density at radius 1 is 1.03 bits per heavy atom. The molecular formula is C25H36N4O3S. The van der Waals surface area contributed by atoms with Gasteiger partial charge >= 0.3 is 0 Å². The highest BCUT2D eigenvalue weighted by Crippen LogP contribution is 2.21. The number of nitrogens with zero attached hydrogens (tertiary/aromatic N) is 2. The summed E-state index contributed by atoms with van der Waals surface area (Å²) in [6, 6.07) is 7.87. The van der Waals surface area contributed by atoms with Crippen molar-refractivity contribution in [1.82, 2.24) is 15.1 Å². The topological polar surface area (TPSA) is 73.9 Å². The number of benzene rings is 1. The molecule has 1 aromatic carbocycles. The first-order valence-electron chi connectivity index (χ1n) is 12.3. The van der Waals surface area contributed by atoms with Crippen molar-refractivity contribution in [2.75, 3.05) is 56.9 Å². The number of carbonyl (C=O) groups excluding carboxylic acids is 2. The van der Waals surface area contributed by atoms with Gasteiger partial charge in [0.15, 0.2) is 5.76 Å². The van der Waals surface area contributed by atoms with Gasteiger partial charge in [-0.3, -0.25) is 9.59 Å². The molecule has 180 valence electrons. The molecule has 0 aromatic heterocycles. The molecule has 2 amide bonds. The number of likely N-dealkylation sites (tertiary alicyclic amines) is 2. The summed E-state index contributed by atoms with van der Waals surface area (Å²) in [6.07, 6.45) is 7.56. The molecule has 2 saturated heterocycles. The van der Waals surface area contributed by atoms with Crippen LogP contribution in [0.15, 0.2) is 35.4 Å². The molecule has 8 heteroatoms. The minimum absolute atomic E-state index is 0.164. The molecule has 0 aliphatic carbocycles. The van der Waals surface area contributed by atoms with Crippen molar-refractivity contribution in [2.45, 2.75) is 44.6 Å². The third-order valence-corrected chi connectivity index (χ3v) is 7.48. The maximum Gasteiger partial charge on any atom is 0.291 e. The van der Waals surface area contributed by atoms with Gasteiger partial charge in [0.25, 0.3) is 11.8 Å². The molecule has 0 bridgehead atoms. The molecule has 7 nitrogen and oxygen atoms in total. The molecule has 33 heavy (non-hydrogen) atoms. The number of carbonyl (C=O) groups is 2. The second-order valence-electron chi connectivity index (χ2n) is 8.98. The predicted octanol–water partition coefficient (Wildman–Crippen LogP) is 3.30. The summed E-state index contributed by atoms with van der Waals surface area (Å²) in [6.45, 7) is 7.01. The van der Waals surface area contributed by atoms with Crippen LogP contribution in [0.25, 0.3) is 0 Å². The second-order valence-corrected chi connectivity index (χ2v) is 9.96. The molecule has 2 N–H and O–H groups in total. The van der Waals surface area contributed by atoms with Gasteiger partial charge in [-0.2, -0.15) is 0 Å². The number of anilines is 1. The largest absolute Gasteiger partial charge is 0.487 e. The molecule has 0 spiro atoms. The maximum absolute atomic E-state index is 12.8. The number of rotatable bonds is 8. The van der Waals surface area contributed by atoms with E-state index in [0.29, 0.717) is 30.2 Å². The highest BCUT2D eigenvalue weighted by atomic mass is 32.2. The van der Waals surface area contributed by atoms with Gasteiger partial charge in [0.2, 0.25) is 0 Å². The van der Waals surface area contributed by atoms with E-state index >= 15 is 0 Å². The fourth-order valence-electron chi connectivity index (χ4n) is 4.85. The number of hydrogen-bond donors (Lipinski definition) is 2. The lowest BCUT2D eigenvalue weighted by molar-refractivity contribution is -0.116. The summed E-state index contributed by atoms with van der Waals surface area (Å²) in [5.74, 6) is 0.648. The summed E-state index contributed by atoms with van der Waals surface area (Å²) in [5.41, 5.74) is 0.970. The van der Waals surface area contributed by atoms with E-state index in [1.165, 1.54) is 45.2 Å². The number of hydrogen-bond acceptors (Lipinski definition) is 6. The fourth-order valence-corrected chi connectivity index (χ4v) is 5.48. The Morgan fingerprint density at radius 2 is 1.82 bits per heavy atom. The van der Waals surface area contributed by atoms with Crippen LogP contribution in [-0.2, 0) is 9.53 Å². The minimum atomic E-state index is -0.324. The number of piperidine rings is 2. The number of thioether (sulfide) groups is 1. The van der Waals surface area contributed by atoms with Crippen molar-refractivity contribution in [3.8, 4) is 0 Å². The smallest absolute Gasteiger partial charge is 0.291 e. The first-order valence-corrected chi connectivity index (χ1v) is 13.3. The lowest BCUT2D eigenvalue weighted by atomic mass is 10.00. The lowest BCUT2D eigenvalue weighted by Crippen LogP contribution is -2.47. The normalized spacial score (nSPS) is 20.5. The zero-order chi connectivity index (χ0) is 22.9. The van der Waals surface area contributed by atoms with Crippen molar-refractivity contribution in [3.05, 3.63) is 41.0 Å². The molecule has 0 atom stereocenters. The molecule has 0 radical (unpaired) electrons. The molecular weight excluding hydrogens is 436 g/mol. The summed E-state index contributed by atoms with van der Waals surface area (Å²) in [4.78, 5) is 30.4. The van der Waals surface area contributed by atoms with E-state index in [1.807, 2.05) is 12.1 Å².